The van der Waals surface area contributed by atoms with Crippen LogP contribution in [-0.4, -0.2) is 46.1 Å². The van der Waals surface area contributed by atoms with Crippen LogP contribution in [0.2, 0.25) is 0 Å². The van der Waals surface area contributed by atoms with Gasteiger partial charge in [0.15, 0.2) is 0 Å². The molecule has 2 aromatic carbocycles. The minimum absolute atomic E-state index is 0.180. The molecule has 0 saturated carbocycles. The normalized spacial score (nSPS) is 18.3. The second-order valence-electron chi connectivity index (χ2n) is 7.45. The molecule has 32 heavy (non-hydrogen) atoms. The van der Waals surface area contributed by atoms with E-state index in [1.807, 2.05) is 35.2 Å². The summed E-state index contributed by atoms with van der Waals surface area (Å²) in [6.45, 7) is 3.54. The fraction of sp³-hybridized carbons (Fsp3) is 0.348. The van der Waals surface area contributed by atoms with Crippen LogP contribution in [0, 0.1) is 16.6 Å². The van der Waals surface area contributed by atoms with Crippen molar-refractivity contribution in [3.05, 3.63) is 60.2 Å². The quantitative estimate of drug-likeness (QED) is 0.663. The average Bonchev–Trinajstić information content (AvgIpc) is 2.78. The fourth-order valence-electron chi connectivity index (χ4n) is 3.39. The van der Waals surface area contributed by atoms with Crippen LogP contribution in [0.4, 0.5) is 19.3 Å². The molecule has 2 atom stereocenters. The molecule has 1 aliphatic heterocycles. The number of amides is 1. The number of carbonyl (C=O) groups excluding carboxylic acids is 1. The maximum Gasteiger partial charge on any atom is 0.410 e. The average molecular weight is 462 g/mol. The summed E-state index contributed by atoms with van der Waals surface area (Å²) in [5, 5.41) is -3.64. The topological polar surface area (TPSA) is 73.7 Å². The van der Waals surface area contributed by atoms with Crippen molar-refractivity contribution in [3.8, 4) is 11.8 Å². The number of halogens is 2. The summed E-state index contributed by atoms with van der Waals surface area (Å²) in [5.74, 6) is 5.94. The zero-order valence-electron chi connectivity index (χ0n) is 17.9. The van der Waals surface area contributed by atoms with Gasteiger partial charge in [-0.25, -0.2) is 13.8 Å². The van der Waals surface area contributed by atoms with Crippen molar-refractivity contribution in [2.75, 3.05) is 24.5 Å². The van der Waals surface area contributed by atoms with Gasteiger partial charge in [-0.3, -0.25) is 0 Å². The molecule has 1 N–H and O–H groups in total. The third-order valence-corrected chi connectivity index (χ3v) is 7.11. The smallest absolute Gasteiger partial charge is 0.410 e. The Morgan fingerprint density at radius 2 is 1.84 bits per heavy atom. The van der Waals surface area contributed by atoms with Crippen LogP contribution in [0.5, 0.6) is 0 Å². The third-order valence-electron chi connectivity index (χ3n) is 5.16. The van der Waals surface area contributed by atoms with E-state index in [1.165, 1.54) is 12.1 Å². The molecule has 0 aliphatic carbocycles. The number of rotatable bonds is 5. The van der Waals surface area contributed by atoms with Gasteiger partial charge in [-0.2, -0.15) is 8.78 Å². The van der Waals surface area contributed by atoms with Gasteiger partial charge in [0.25, 0.3) is 0 Å². The van der Waals surface area contributed by atoms with Crippen LogP contribution < -0.4 is 4.90 Å². The number of ether oxygens (including phenoxy) is 1. The summed E-state index contributed by atoms with van der Waals surface area (Å²) < 4.78 is 52.3. The summed E-state index contributed by atoms with van der Waals surface area (Å²) in [6, 6.07) is 14.8. The highest BCUT2D eigenvalue weighted by molar-refractivity contribution is 7.93. The molecule has 1 saturated heterocycles. The number of hydrogen-bond donors (Lipinski definition) is 1. The van der Waals surface area contributed by atoms with Crippen LogP contribution in [0.25, 0.3) is 0 Å². The third kappa shape index (κ3) is 5.19. The number of alkyl halides is 2. The maximum atomic E-state index is 13.6. The number of anilines is 1. The van der Waals surface area contributed by atoms with Gasteiger partial charge in [-0.1, -0.05) is 36.3 Å². The standard InChI is InChI=1S/C23H25F2N3O3S/c1-3-7-20-16-27(22(29)31-17-18-8-5-4-6-9-18)14-15-28(20)19-10-12-21(13-11-19)32(26,30)23(2,24)25/h4-6,8-13,20,26H,14-17H2,1-2H3. The predicted octanol–water partition coefficient (Wildman–Crippen LogP) is 4.56. The van der Waals surface area contributed by atoms with Crippen molar-refractivity contribution in [3.63, 3.8) is 0 Å². The van der Waals surface area contributed by atoms with E-state index in [1.54, 1.807) is 24.0 Å². The van der Waals surface area contributed by atoms with E-state index in [2.05, 4.69) is 11.8 Å². The first-order valence-electron chi connectivity index (χ1n) is 10.0. The Morgan fingerprint density at radius 3 is 2.44 bits per heavy atom. The molecule has 2 aromatic rings. The molecule has 2 unspecified atom stereocenters. The Balaban J connectivity index is 1.70. The lowest BCUT2D eigenvalue weighted by molar-refractivity contribution is 0.0916. The van der Waals surface area contributed by atoms with Gasteiger partial charge >= 0.3 is 11.3 Å². The SMILES string of the molecule is CC#CC1CN(C(=O)OCc2ccccc2)CCN1c1ccc(S(=N)(=O)C(C)(F)F)cc1. The van der Waals surface area contributed by atoms with Crippen LogP contribution in [0.15, 0.2) is 59.5 Å². The maximum absolute atomic E-state index is 13.6. The molecule has 1 fully saturated rings. The molecule has 0 bridgehead atoms. The van der Waals surface area contributed by atoms with E-state index < -0.39 is 21.1 Å². The number of nitrogens with zero attached hydrogens (tertiary/aromatic N) is 2. The lowest BCUT2D eigenvalue weighted by Gasteiger charge is -2.40. The van der Waals surface area contributed by atoms with Gasteiger partial charge in [0, 0.05) is 25.7 Å². The van der Waals surface area contributed by atoms with Crippen molar-refractivity contribution >= 4 is 21.5 Å². The van der Waals surface area contributed by atoms with Crippen molar-refractivity contribution in [1.29, 1.82) is 4.78 Å². The first kappa shape index (κ1) is 23.5. The Kier molecular flexibility index (Phi) is 7.04. The molecule has 9 heteroatoms. The van der Waals surface area contributed by atoms with Gasteiger partial charge in [-0.15, -0.1) is 5.92 Å². The Hall–Kier alpha value is -3.12. The first-order valence-corrected chi connectivity index (χ1v) is 11.6. The second-order valence-corrected chi connectivity index (χ2v) is 9.75. The predicted molar refractivity (Wildman–Crippen MR) is 119 cm³/mol. The largest absolute Gasteiger partial charge is 0.445 e. The van der Waals surface area contributed by atoms with Gasteiger partial charge in [-0.05, 0) is 36.8 Å². The summed E-state index contributed by atoms with van der Waals surface area (Å²) in [5.41, 5.74) is 1.58. The molecular formula is C23H25F2N3O3S. The van der Waals surface area contributed by atoms with Crippen molar-refractivity contribution < 1.29 is 22.5 Å². The highest BCUT2D eigenvalue weighted by Crippen LogP contribution is 2.31. The first-order chi connectivity index (χ1) is 15.1. The van der Waals surface area contributed by atoms with Crippen molar-refractivity contribution in [1.82, 2.24) is 4.90 Å². The van der Waals surface area contributed by atoms with Gasteiger partial charge < -0.3 is 14.5 Å². The van der Waals surface area contributed by atoms with E-state index in [0.717, 1.165) is 5.56 Å². The molecule has 0 aromatic heterocycles. The molecule has 1 amide bonds. The molecule has 0 radical (unpaired) electrons. The molecule has 170 valence electrons. The summed E-state index contributed by atoms with van der Waals surface area (Å²) in [6.07, 6.45) is -0.425. The van der Waals surface area contributed by atoms with E-state index >= 15 is 0 Å². The zero-order chi connectivity index (χ0) is 23.4. The Labute approximate surface area is 187 Å². The van der Waals surface area contributed by atoms with Crippen LogP contribution in [-0.2, 0) is 21.1 Å². The number of nitrogens with one attached hydrogen (secondary N) is 1. The highest BCUT2D eigenvalue weighted by atomic mass is 32.2. The number of benzene rings is 2. The molecule has 6 nitrogen and oxygen atoms in total. The fourth-order valence-corrected chi connectivity index (χ4v) is 4.33. The molecule has 0 spiro atoms. The lowest BCUT2D eigenvalue weighted by atomic mass is 10.1. The number of piperazine rings is 1. The van der Waals surface area contributed by atoms with Crippen LogP contribution in [0.1, 0.15) is 19.4 Å². The van der Waals surface area contributed by atoms with E-state index in [-0.39, 0.29) is 17.5 Å². The summed E-state index contributed by atoms with van der Waals surface area (Å²) in [7, 11) is -4.25. The molecular weight excluding hydrogens is 436 g/mol. The van der Waals surface area contributed by atoms with E-state index in [0.29, 0.717) is 32.2 Å². The van der Waals surface area contributed by atoms with Gasteiger partial charge in [0.1, 0.15) is 22.4 Å². The van der Waals surface area contributed by atoms with Crippen LogP contribution in [0.3, 0.4) is 0 Å². The lowest BCUT2D eigenvalue weighted by Crippen LogP contribution is -2.54. The monoisotopic (exact) mass is 461 g/mol. The highest BCUT2D eigenvalue weighted by Gasteiger charge is 2.37. The van der Waals surface area contributed by atoms with E-state index in [4.69, 9.17) is 9.52 Å². The van der Waals surface area contributed by atoms with Gasteiger partial charge in [0.2, 0.25) is 0 Å². The van der Waals surface area contributed by atoms with E-state index in [9.17, 15) is 17.8 Å². The molecule has 1 aliphatic rings. The van der Waals surface area contributed by atoms with Gasteiger partial charge in [0.05, 0.1) is 11.4 Å². The summed E-state index contributed by atoms with van der Waals surface area (Å²) >= 11 is 0. The van der Waals surface area contributed by atoms with Crippen LogP contribution >= 0.6 is 0 Å². The minimum Gasteiger partial charge on any atom is -0.445 e. The number of carbonyl (C=O) groups is 1. The Morgan fingerprint density at radius 1 is 1.19 bits per heavy atom. The summed E-state index contributed by atoms with van der Waals surface area (Å²) in [4.78, 5) is 15.8. The number of hydrogen-bond acceptors (Lipinski definition) is 5. The molecule has 3 rings (SSSR count). The molecule has 1 heterocycles. The Bertz CT molecular complexity index is 1110. The zero-order valence-corrected chi connectivity index (χ0v) is 18.7. The minimum atomic E-state index is -4.25. The van der Waals surface area contributed by atoms with Crippen molar-refractivity contribution in [2.45, 2.75) is 36.6 Å². The second kappa shape index (κ2) is 9.57. The van der Waals surface area contributed by atoms with Crippen molar-refractivity contribution in [2.24, 2.45) is 0 Å².